The molecule has 0 spiro atoms. The number of hydrogen-bond acceptors (Lipinski definition) is 4. The first kappa shape index (κ1) is 21.6. The number of benzene rings is 1. The number of carbonyl (C=O) groups is 1. The Hall–Kier alpha value is -1.46. The van der Waals surface area contributed by atoms with E-state index in [0.717, 1.165) is 12.1 Å². The van der Waals surface area contributed by atoms with Crippen molar-refractivity contribution in [3.05, 3.63) is 23.8 Å². The van der Waals surface area contributed by atoms with E-state index in [0.29, 0.717) is 17.5 Å². The molecular formula is C19H31ClN2O3. The van der Waals surface area contributed by atoms with Crippen LogP contribution in [0.4, 0.5) is 0 Å². The molecule has 0 saturated heterocycles. The van der Waals surface area contributed by atoms with Gasteiger partial charge in [-0.3, -0.25) is 4.79 Å². The van der Waals surface area contributed by atoms with Gasteiger partial charge in [-0.05, 0) is 39.7 Å². The predicted octanol–water partition coefficient (Wildman–Crippen LogP) is 3.44. The molecule has 2 N–H and O–H groups in total. The van der Waals surface area contributed by atoms with Gasteiger partial charge in [0.05, 0.1) is 7.11 Å². The van der Waals surface area contributed by atoms with Gasteiger partial charge in [-0.15, -0.1) is 12.4 Å². The molecule has 0 radical (unpaired) electrons. The van der Waals surface area contributed by atoms with Gasteiger partial charge in [0.2, 0.25) is 0 Å². The van der Waals surface area contributed by atoms with Crippen molar-refractivity contribution in [2.24, 2.45) is 0 Å². The van der Waals surface area contributed by atoms with E-state index in [1.807, 2.05) is 39.0 Å². The van der Waals surface area contributed by atoms with Crippen LogP contribution in [0.1, 0.15) is 52.0 Å². The van der Waals surface area contributed by atoms with Crippen LogP contribution in [0.5, 0.6) is 11.5 Å². The summed E-state index contributed by atoms with van der Waals surface area (Å²) < 4.78 is 11.2. The van der Waals surface area contributed by atoms with E-state index in [1.54, 1.807) is 7.11 Å². The molecule has 0 heterocycles. The Balaban J connectivity index is 0.00000312. The Morgan fingerprint density at radius 3 is 2.52 bits per heavy atom. The highest BCUT2D eigenvalue weighted by atomic mass is 35.5. The SMILES string of the molecule is COc1cccc(CNC2CCCC2)c1OCC(=O)NC(C)(C)C.Cl. The molecule has 1 aliphatic carbocycles. The highest BCUT2D eigenvalue weighted by Crippen LogP contribution is 2.31. The summed E-state index contributed by atoms with van der Waals surface area (Å²) in [6.45, 7) is 6.55. The Labute approximate surface area is 157 Å². The van der Waals surface area contributed by atoms with Crippen LogP contribution in [-0.2, 0) is 11.3 Å². The molecule has 1 aliphatic rings. The fourth-order valence-electron chi connectivity index (χ4n) is 3.00. The second-order valence-corrected chi connectivity index (χ2v) is 7.40. The van der Waals surface area contributed by atoms with Crippen molar-refractivity contribution < 1.29 is 14.3 Å². The fraction of sp³-hybridized carbons (Fsp3) is 0.632. The molecule has 1 amide bonds. The number of amides is 1. The maximum Gasteiger partial charge on any atom is 0.258 e. The maximum absolute atomic E-state index is 12.0. The summed E-state index contributed by atoms with van der Waals surface area (Å²) in [7, 11) is 1.62. The molecule has 0 unspecified atom stereocenters. The number of methoxy groups -OCH3 is 1. The minimum atomic E-state index is -0.270. The number of para-hydroxylation sites is 1. The maximum atomic E-state index is 12.0. The minimum Gasteiger partial charge on any atom is -0.493 e. The zero-order valence-electron chi connectivity index (χ0n) is 15.7. The van der Waals surface area contributed by atoms with Crippen molar-refractivity contribution >= 4 is 18.3 Å². The van der Waals surface area contributed by atoms with Gasteiger partial charge in [0, 0.05) is 23.7 Å². The lowest BCUT2D eigenvalue weighted by molar-refractivity contribution is -0.124. The van der Waals surface area contributed by atoms with Crippen molar-refractivity contribution in [1.82, 2.24) is 10.6 Å². The molecule has 6 heteroatoms. The molecular weight excluding hydrogens is 340 g/mol. The summed E-state index contributed by atoms with van der Waals surface area (Å²) >= 11 is 0. The van der Waals surface area contributed by atoms with E-state index in [2.05, 4.69) is 10.6 Å². The Morgan fingerprint density at radius 2 is 1.92 bits per heavy atom. The third-order valence-electron chi connectivity index (χ3n) is 4.08. The lowest BCUT2D eigenvalue weighted by Gasteiger charge is -2.21. The fourth-order valence-corrected chi connectivity index (χ4v) is 3.00. The van der Waals surface area contributed by atoms with Crippen LogP contribution < -0.4 is 20.1 Å². The number of nitrogens with one attached hydrogen (secondary N) is 2. The van der Waals surface area contributed by atoms with Gasteiger partial charge in [0.15, 0.2) is 18.1 Å². The van der Waals surface area contributed by atoms with Crippen molar-refractivity contribution in [1.29, 1.82) is 0 Å². The molecule has 142 valence electrons. The third kappa shape index (κ3) is 7.12. The second-order valence-electron chi connectivity index (χ2n) is 7.40. The highest BCUT2D eigenvalue weighted by Gasteiger charge is 2.18. The molecule has 0 atom stereocenters. The molecule has 0 aromatic heterocycles. The van der Waals surface area contributed by atoms with E-state index in [-0.39, 0.29) is 30.5 Å². The number of carbonyl (C=O) groups excluding carboxylic acids is 1. The second kappa shape index (κ2) is 9.88. The summed E-state index contributed by atoms with van der Waals surface area (Å²) in [6.07, 6.45) is 5.06. The van der Waals surface area contributed by atoms with Gasteiger partial charge in [0.25, 0.3) is 5.91 Å². The number of ether oxygens (including phenoxy) is 2. The Kier molecular flexibility index (Phi) is 8.53. The monoisotopic (exact) mass is 370 g/mol. The van der Waals surface area contributed by atoms with Gasteiger partial charge < -0.3 is 20.1 Å². The molecule has 25 heavy (non-hydrogen) atoms. The molecule has 5 nitrogen and oxygen atoms in total. The van der Waals surface area contributed by atoms with Crippen LogP contribution in [0, 0.1) is 0 Å². The van der Waals surface area contributed by atoms with Gasteiger partial charge in [-0.1, -0.05) is 25.0 Å². The lowest BCUT2D eigenvalue weighted by Crippen LogP contribution is -2.43. The van der Waals surface area contributed by atoms with Crippen LogP contribution in [-0.4, -0.2) is 31.2 Å². The first-order chi connectivity index (χ1) is 11.4. The van der Waals surface area contributed by atoms with Gasteiger partial charge in [-0.25, -0.2) is 0 Å². The zero-order chi connectivity index (χ0) is 17.6. The van der Waals surface area contributed by atoms with Crippen molar-refractivity contribution in [2.75, 3.05) is 13.7 Å². The van der Waals surface area contributed by atoms with E-state index < -0.39 is 0 Å². The van der Waals surface area contributed by atoms with Crippen LogP contribution in [0.3, 0.4) is 0 Å². The van der Waals surface area contributed by atoms with Gasteiger partial charge >= 0.3 is 0 Å². The molecule has 0 bridgehead atoms. The van der Waals surface area contributed by atoms with E-state index >= 15 is 0 Å². The average molecular weight is 371 g/mol. The van der Waals surface area contributed by atoms with Gasteiger partial charge in [0.1, 0.15) is 0 Å². The summed E-state index contributed by atoms with van der Waals surface area (Å²) in [5.74, 6) is 1.17. The quantitative estimate of drug-likeness (QED) is 0.771. The molecule has 1 aromatic carbocycles. The number of halogens is 1. The van der Waals surface area contributed by atoms with E-state index in [4.69, 9.17) is 9.47 Å². The third-order valence-corrected chi connectivity index (χ3v) is 4.08. The largest absolute Gasteiger partial charge is 0.493 e. The van der Waals surface area contributed by atoms with Crippen molar-refractivity contribution in [3.63, 3.8) is 0 Å². The van der Waals surface area contributed by atoms with Gasteiger partial charge in [-0.2, -0.15) is 0 Å². The minimum absolute atomic E-state index is 0. The normalized spacial score (nSPS) is 14.7. The first-order valence-corrected chi connectivity index (χ1v) is 8.72. The molecule has 0 aliphatic heterocycles. The molecule has 2 rings (SSSR count). The standard InChI is InChI=1S/C19H30N2O3.ClH/c1-19(2,3)21-17(22)13-24-18-14(8-7-11-16(18)23-4)12-20-15-9-5-6-10-15;/h7-8,11,15,20H,5-6,9-10,12-13H2,1-4H3,(H,21,22);1H. The number of rotatable bonds is 7. The van der Waals surface area contributed by atoms with Crippen LogP contribution >= 0.6 is 12.4 Å². The predicted molar refractivity (Wildman–Crippen MR) is 103 cm³/mol. The van der Waals surface area contributed by atoms with E-state index in [9.17, 15) is 4.79 Å². The Bertz CT molecular complexity index is 552. The topological polar surface area (TPSA) is 59.6 Å². The molecule has 1 fully saturated rings. The van der Waals surface area contributed by atoms with Crippen LogP contribution in [0.15, 0.2) is 18.2 Å². The summed E-state index contributed by atoms with van der Waals surface area (Å²) in [5, 5.41) is 6.48. The summed E-state index contributed by atoms with van der Waals surface area (Å²) in [4.78, 5) is 12.0. The zero-order valence-corrected chi connectivity index (χ0v) is 16.5. The summed E-state index contributed by atoms with van der Waals surface area (Å²) in [5.41, 5.74) is 0.749. The lowest BCUT2D eigenvalue weighted by atomic mass is 10.1. The number of hydrogen-bond donors (Lipinski definition) is 2. The highest BCUT2D eigenvalue weighted by molar-refractivity contribution is 5.85. The van der Waals surface area contributed by atoms with Crippen LogP contribution in [0.2, 0.25) is 0 Å². The van der Waals surface area contributed by atoms with Crippen molar-refractivity contribution in [2.45, 2.75) is 64.6 Å². The Morgan fingerprint density at radius 1 is 1.24 bits per heavy atom. The van der Waals surface area contributed by atoms with Crippen LogP contribution in [0.25, 0.3) is 0 Å². The van der Waals surface area contributed by atoms with Crippen molar-refractivity contribution in [3.8, 4) is 11.5 Å². The summed E-state index contributed by atoms with van der Waals surface area (Å²) in [6, 6.07) is 6.40. The smallest absolute Gasteiger partial charge is 0.258 e. The van der Waals surface area contributed by atoms with E-state index in [1.165, 1.54) is 25.7 Å². The molecule has 1 saturated carbocycles. The average Bonchev–Trinajstić information content (AvgIpc) is 3.02. The molecule has 1 aromatic rings. The first-order valence-electron chi connectivity index (χ1n) is 8.72.